The Kier molecular flexibility index (Phi) is 7.67. The van der Waals surface area contributed by atoms with Gasteiger partial charge in [-0.1, -0.05) is 24.3 Å². The van der Waals surface area contributed by atoms with Crippen LogP contribution in [0.2, 0.25) is 0 Å². The van der Waals surface area contributed by atoms with Crippen LogP contribution >= 0.6 is 0 Å². The minimum Gasteiger partial charge on any atom is -0.491 e. The van der Waals surface area contributed by atoms with Gasteiger partial charge in [-0.25, -0.2) is 0 Å². The van der Waals surface area contributed by atoms with E-state index >= 15 is 0 Å². The zero-order chi connectivity index (χ0) is 22.5. The molecule has 0 aliphatic heterocycles. The standard InChI is InChI=1S/C27H34F2O3/c1-3-30-23-12-11-21-15-20(9-10-22(21)16-23)19-7-5-18(6-8-19)17-32-25-14-13-24(31-4-2)26(28)27(25)29/h5-8,13-14,20-23H,3-4,9-12,15-17H2,1-2H3. The maximum Gasteiger partial charge on any atom is 0.204 e. The van der Waals surface area contributed by atoms with Gasteiger partial charge >= 0.3 is 0 Å². The van der Waals surface area contributed by atoms with Crippen molar-refractivity contribution in [2.75, 3.05) is 13.2 Å². The Balaban J connectivity index is 1.32. The van der Waals surface area contributed by atoms with E-state index in [0.29, 0.717) is 12.0 Å². The monoisotopic (exact) mass is 444 g/mol. The molecule has 2 aromatic carbocycles. The first-order valence-corrected chi connectivity index (χ1v) is 12.0. The molecule has 2 fully saturated rings. The van der Waals surface area contributed by atoms with Crippen LogP contribution < -0.4 is 9.47 Å². The first kappa shape index (κ1) is 23.0. The van der Waals surface area contributed by atoms with E-state index in [-0.39, 0.29) is 24.7 Å². The van der Waals surface area contributed by atoms with Crippen molar-refractivity contribution in [3.8, 4) is 11.5 Å². The summed E-state index contributed by atoms with van der Waals surface area (Å²) in [6, 6.07) is 11.2. The van der Waals surface area contributed by atoms with E-state index < -0.39 is 11.6 Å². The van der Waals surface area contributed by atoms with Crippen molar-refractivity contribution in [1.82, 2.24) is 0 Å². The first-order valence-electron chi connectivity index (χ1n) is 12.0. The van der Waals surface area contributed by atoms with E-state index in [1.54, 1.807) is 6.92 Å². The van der Waals surface area contributed by atoms with Crippen LogP contribution in [0.5, 0.6) is 11.5 Å². The van der Waals surface area contributed by atoms with Gasteiger partial charge in [-0.05, 0) is 93.4 Å². The fourth-order valence-corrected chi connectivity index (χ4v) is 5.48. The number of ether oxygens (including phenoxy) is 3. The Morgan fingerprint density at radius 3 is 2.09 bits per heavy atom. The highest BCUT2D eigenvalue weighted by Gasteiger charge is 2.36. The number of hydrogen-bond acceptors (Lipinski definition) is 3. The molecule has 174 valence electrons. The van der Waals surface area contributed by atoms with Crippen molar-refractivity contribution in [2.24, 2.45) is 11.8 Å². The molecule has 0 amide bonds. The fourth-order valence-electron chi connectivity index (χ4n) is 5.48. The molecule has 2 saturated carbocycles. The average molecular weight is 445 g/mol. The van der Waals surface area contributed by atoms with Gasteiger partial charge in [-0.2, -0.15) is 8.78 Å². The van der Waals surface area contributed by atoms with Gasteiger partial charge < -0.3 is 14.2 Å². The quantitative estimate of drug-likeness (QED) is 0.437. The molecule has 0 bridgehead atoms. The molecule has 2 aliphatic carbocycles. The highest BCUT2D eigenvalue weighted by atomic mass is 19.2. The molecule has 4 atom stereocenters. The summed E-state index contributed by atoms with van der Waals surface area (Å²) in [6.45, 7) is 5.10. The van der Waals surface area contributed by atoms with Crippen molar-refractivity contribution >= 4 is 0 Å². The summed E-state index contributed by atoms with van der Waals surface area (Å²) in [5, 5.41) is 0. The van der Waals surface area contributed by atoms with Crippen LogP contribution in [0.25, 0.3) is 0 Å². The highest BCUT2D eigenvalue weighted by Crippen LogP contribution is 2.46. The minimum atomic E-state index is -1.01. The van der Waals surface area contributed by atoms with Crippen LogP contribution in [-0.4, -0.2) is 19.3 Å². The second-order valence-corrected chi connectivity index (χ2v) is 9.07. The SMILES string of the molecule is CCOc1ccc(OCc2ccc(C3CCC4CC(OCC)CCC4C3)cc2)c(F)c1F. The topological polar surface area (TPSA) is 27.7 Å². The van der Waals surface area contributed by atoms with E-state index in [9.17, 15) is 8.78 Å². The number of fused-ring (bicyclic) bond motifs is 1. The molecule has 3 nitrogen and oxygen atoms in total. The van der Waals surface area contributed by atoms with E-state index in [1.165, 1.54) is 56.2 Å². The highest BCUT2D eigenvalue weighted by molar-refractivity contribution is 5.35. The second-order valence-electron chi connectivity index (χ2n) is 9.07. The molecule has 5 heteroatoms. The molecule has 4 rings (SSSR count). The lowest BCUT2D eigenvalue weighted by Gasteiger charge is -2.42. The molecule has 2 aromatic rings. The van der Waals surface area contributed by atoms with Crippen LogP contribution in [-0.2, 0) is 11.3 Å². The predicted octanol–water partition coefficient (Wildman–Crippen LogP) is 7.03. The van der Waals surface area contributed by atoms with Gasteiger partial charge in [0.05, 0.1) is 12.7 Å². The summed E-state index contributed by atoms with van der Waals surface area (Å²) < 4.78 is 44.7. The molecule has 0 heterocycles. The second kappa shape index (κ2) is 10.7. The summed E-state index contributed by atoms with van der Waals surface area (Å²) in [7, 11) is 0. The maximum absolute atomic E-state index is 14.2. The lowest BCUT2D eigenvalue weighted by atomic mass is 9.65. The van der Waals surface area contributed by atoms with Crippen molar-refractivity contribution in [3.63, 3.8) is 0 Å². The Hall–Kier alpha value is -2.14. The molecule has 2 aliphatic rings. The summed E-state index contributed by atoms with van der Waals surface area (Å²) in [5.74, 6) is 0.0138. The third kappa shape index (κ3) is 5.25. The Bertz CT molecular complexity index is 883. The molecule has 32 heavy (non-hydrogen) atoms. The molecule has 0 N–H and O–H groups in total. The smallest absolute Gasteiger partial charge is 0.204 e. The third-order valence-electron chi connectivity index (χ3n) is 7.12. The lowest BCUT2D eigenvalue weighted by Crippen LogP contribution is -2.33. The number of hydrogen-bond donors (Lipinski definition) is 0. The van der Waals surface area contributed by atoms with Gasteiger partial charge in [-0.3, -0.25) is 0 Å². The van der Waals surface area contributed by atoms with E-state index in [0.717, 1.165) is 24.0 Å². The van der Waals surface area contributed by atoms with Gasteiger partial charge in [0.1, 0.15) is 6.61 Å². The average Bonchev–Trinajstić information content (AvgIpc) is 2.82. The van der Waals surface area contributed by atoms with E-state index in [2.05, 4.69) is 19.1 Å². The number of benzene rings is 2. The summed E-state index contributed by atoms with van der Waals surface area (Å²) in [4.78, 5) is 0. The zero-order valence-electron chi connectivity index (χ0n) is 19.1. The van der Waals surface area contributed by atoms with Crippen molar-refractivity contribution < 1.29 is 23.0 Å². The van der Waals surface area contributed by atoms with Crippen LogP contribution in [0, 0.1) is 23.5 Å². The van der Waals surface area contributed by atoms with Gasteiger partial charge in [0, 0.05) is 6.61 Å². The van der Waals surface area contributed by atoms with Crippen molar-refractivity contribution in [1.29, 1.82) is 0 Å². The minimum absolute atomic E-state index is 0.0946. The number of rotatable bonds is 8. The molecular formula is C27H34F2O3. The van der Waals surface area contributed by atoms with Gasteiger partial charge in [-0.15, -0.1) is 0 Å². The molecule has 4 unspecified atom stereocenters. The van der Waals surface area contributed by atoms with Crippen molar-refractivity contribution in [2.45, 2.75) is 71.0 Å². The zero-order valence-corrected chi connectivity index (χ0v) is 19.1. The molecular weight excluding hydrogens is 410 g/mol. The van der Waals surface area contributed by atoms with Gasteiger partial charge in [0.25, 0.3) is 0 Å². The molecule has 0 spiro atoms. The Labute approximate surface area is 190 Å². The summed E-state index contributed by atoms with van der Waals surface area (Å²) in [6.07, 6.45) is 7.94. The summed E-state index contributed by atoms with van der Waals surface area (Å²) in [5.41, 5.74) is 2.31. The van der Waals surface area contributed by atoms with Crippen molar-refractivity contribution in [3.05, 3.63) is 59.2 Å². The first-order chi connectivity index (χ1) is 15.6. The Morgan fingerprint density at radius 2 is 1.41 bits per heavy atom. The van der Waals surface area contributed by atoms with Crippen LogP contribution in [0.15, 0.2) is 36.4 Å². The Morgan fingerprint density at radius 1 is 0.750 bits per heavy atom. The molecule has 0 saturated heterocycles. The van der Waals surface area contributed by atoms with Gasteiger partial charge in [0.2, 0.25) is 11.6 Å². The van der Waals surface area contributed by atoms with Crippen LogP contribution in [0.1, 0.15) is 69.4 Å². The maximum atomic E-state index is 14.2. The van der Waals surface area contributed by atoms with Crippen LogP contribution in [0.4, 0.5) is 8.78 Å². The molecule has 0 aromatic heterocycles. The number of halogens is 2. The normalized spacial score (nSPS) is 25.2. The third-order valence-corrected chi connectivity index (χ3v) is 7.12. The summed E-state index contributed by atoms with van der Waals surface area (Å²) >= 11 is 0. The van der Waals surface area contributed by atoms with E-state index in [1.807, 2.05) is 12.1 Å². The van der Waals surface area contributed by atoms with E-state index in [4.69, 9.17) is 14.2 Å². The molecule has 0 radical (unpaired) electrons. The predicted molar refractivity (Wildman–Crippen MR) is 121 cm³/mol. The van der Waals surface area contributed by atoms with Gasteiger partial charge in [0.15, 0.2) is 11.5 Å². The van der Waals surface area contributed by atoms with Crippen LogP contribution in [0.3, 0.4) is 0 Å². The lowest BCUT2D eigenvalue weighted by molar-refractivity contribution is -0.00955. The largest absolute Gasteiger partial charge is 0.491 e. The fraction of sp³-hybridized carbons (Fsp3) is 0.556.